The van der Waals surface area contributed by atoms with Gasteiger partial charge in [0.25, 0.3) is 0 Å². The molecule has 1 atom stereocenters. The minimum Gasteiger partial charge on any atom is -0.441 e. The van der Waals surface area contributed by atoms with Crippen molar-refractivity contribution in [3.05, 3.63) is 60.0 Å². The molecule has 164 valence electrons. The third-order valence-corrected chi connectivity index (χ3v) is 7.37. The Morgan fingerprint density at radius 1 is 1.03 bits per heavy atom. The zero-order valence-corrected chi connectivity index (χ0v) is 19.3. The average Bonchev–Trinajstić information content (AvgIpc) is 3.37. The highest BCUT2D eigenvalue weighted by atomic mass is 32.2. The van der Waals surface area contributed by atoms with E-state index in [9.17, 15) is 8.42 Å². The van der Waals surface area contributed by atoms with Crippen LogP contribution in [0.15, 0.2) is 57.8 Å². The van der Waals surface area contributed by atoms with E-state index in [0.29, 0.717) is 16.8 Å². The SMILES string of the molecule is CC[C@@H]1CCCN1CCc1nc(-c2ccc(-c3ccc(S(C)(=O)=O)cc3)cc2)oc1C. The van der Waals surface area contributed by atoms with E-state index in [2.05, 4.69) is 11.8 Å². The molecule has 2 heterocycles. The number of nitrogens with zero attached hydrogens (tertiary/aromatic N) is 2. The van der Waals surface area contributed by atoms with E-state index < -0.39 is 9.84 Å². The van der Waals surface area contributed by atoms with Gasteiger partial charge in [0.2, 0.25) is 5.89 Å². The monoisotopic (exact) mass is 438 g/mol. The standard InChI is InChI=1S/C25H30N2O3S/c1-4-22-6-5-16-27(22)17-15-24-18(2)30-25(26-24)21-9-7-19(8-10-21)20-11-13-23(14-12-20)31(3,28)29/h7-14,22H,4-6,15-17H2,1-3H3/t22-/m1/s1. The molecule has 6 heteroatoms. The van der Waals surface area contributed by atoms with E-state index in [1.54, 1.807) is 12.1 Å². The van der Waals surface area contributed by atoms with E-state index in [1.165, 1.54) is 32.1 Å². The molecule has 2 aromatic carbocycles. The number of benzene rings is 2. The molecule has 1 aliphatic heterocycles. The van der Waals surface area contributed by atoms with Crippen molar-refractivity contribution in [2.75, 3.05) is 19.3 Å². The average molecular weight is 439 g/mol. The van der Waals surface area contributed by atoms with Gasteiger partial charge in [0.1, 0.15) is 5.76 Å². The molecule has 4 rings (SSSR count). The summed E-state index contributed by atoms with van der Waals surface area (Å²) in [6.07, 6.45) is 5.95. The molecule has 0 bridgehead atoms. The van der Waals surface area contributed by atoms with Gasteiger partial charge in [-0.25, -0.2) is 13.4 Å². The predicted molar refractivity (Wildman–Crippen MR) is 124 cm³/mol. The summed E-state index contributed by atoms with van der Waals surface area (Å²) >= 11 is 0. The second-order valence-electron chi connectivity index (χ2n) is 8.39. The van der Waals surface area contributed by atoms with Gasteiger partial charge < -0.3 is 9.32 Å². The lowest BCUT2D eigenvalue weighted by Crippen LogP contribution is -2.30. The summed E-state index contributed by atoms with van der Waals surface area (Å²) in [5, 5.41) is 0. The number of rotatable bonds is 7. The van der Waals surface area contributed by atoms with E-state index in [-0.39, 0.29) is 0 Å². The fourth-order valence-corrected chi connectivity index (χ4v) is 5.02. The fraction of sp³-hybridized carbons (Fsp3) is 0.400. The summed E-state index contributed by atoms with van der Waals surface area (Å²) in [4.78, 5) is 7.68. The number of aryl methyl sites for hydroxylation is 1. The maximum absolute atomic E-state index is 11.6. The second kappa shape index (κ2) is 8.97. The van der Waals surface area contributed by atoms with Gasteiger partial charge in [-0.05, 0) is 68.1 Å². The molecular weight excluding hydrogens is 408 g/mol. The van der Waals surface area contributed by atoms with Gasteiger partial charge in [-0.3, -0.25) is 0 Å². The molecule has 31 heavy (non-hydrogen) atoms. The molecule has 0 amide bonds. The second-order valence-corrected chi connectivity index (χ2v) is 10.4. The Bertz CT molecular complexity index is 1130. The van der Waals surface area contributed by atoms with Crippen molar-refractivity contribution in [3.63, 3.8) is 0 Å². The predicted octanol–water partition coefficient (Wildman–Crippen LogP) is 5.14. The van der Waals surface area contributed by atoms with Gasteiger partial charge in [-0.1, -0.05) is 31.2 Å². The van der Waals surface area contributed by atoms with Crippen LogP contribution in [0.2, 0.25) is 0 Å². The van der Waals surface area contributed by atoms with Crippen molar-refractivity contribution < 1.29 is 12.8 Å². The lowest BCUT2D eigenvalue weighted by atomic mass is 10.0. The maximum atomic E-state index is 11.6. The first-order valence-electron chi connectivity index (χ1n) is 11.0. The van der Waals surface area contributed by atoms with Gasteiger partial charge in [0, 0.05) is 30.8 Å². The van der Waals surface area contributed by atoms with E-state index in [1.807, 2.05) is 43.3 Å². The summed E-state index contributed by atoms with van der Waals surface area (Å²) in [7, 11) is -3.19. The summed E-state index contributed by atoms with van der Waals surface area (Å²) < 4.78 is 29.3. The van der Waals surface area contributed by atoms with Crippen molar-refractivity contribution in [1.29, 1.82) is 0 Å². The molecule has 1 fully saturated rings. The zero-order chi connectivity index (χ0) is 22.0. The normalized spacial score (nSPS) is 17.3. The summed E-state index contributed by atoms with van der Waals surface area (Å²) in [6.45, 7) is 6.49. The molecule has 0 saturated carbocycles. The first kappa shape index (κ1) is 21.8. The number of likely N-dealkylation sites (tertiary alicyclic amines) is 1. The molecule has 0 aliphatic carbocycles. The molecule has 1 aliphatic rings. The molecule has 0 spiro atoms. The van der Waals surface area contributed by atoms with Crippen molar-refractivity contribution in [2.45, 2.75) is 50.5 Å². The van der Waals surface area contributed by atoms with Crippen LogP contribution in [-0.4, -0.2) is 43.7 Å². The van der Waals surface area contributed by atoms with Gasteiger partial charge in [0.05, 0.1) is 10.6 Å². The fourth-order valence-electron chi connectivity index (χ4n) is 4.38. The van der Waals surface area contributed by atoms with Crippen molar-refractivity contribution in [3.8, 4) is 22.6 Å². The lowest BCUT2D eigenvalue weighted by molar-refractivity contribution is 0.250. The smallest absolute Gasteiger partial charge is 0.226 e. The molecule has 1 aromatic heterocycles. The van der Waals surface area contributed by atoms with Crippen LogP contribution < -0.4 is 0 Å². The Balaban J connectivity index is 1.46. The highest BCUT2D eigenvalue weighted by molar-refractivity contribution is 7.90. The van der Waals surface area contributed by atoms with Crippen LogP contribution in [0.3, 0.4) is 0 Å². The quantitative estimate of drug-likeness (QED) is 0.511. The van der Waals surface area contributed by atoms with Crippen LogP contribution in [0.5, 0.6) is 0 Å². The van der Waals surface area contributed by atoms with Crippen molar-refractivity contribution >= 4 is 9.84 Å². The van der Waals surface area contributed by atoms with Gasteiger partial charge in [0.15, 0.2) is 9.84 Å². The van der Waals surface area contributed by atoms with Gasteiger partial charge in [-0.2, -0.15) is 0 Å². The third-order valence-electron chi connectivity index (χ3n) is 6.25. The molecule has 0 unspecified atom stereocenters. The highest BCUT2D eigenvalue weighted by Crippen LogP contribution is 2.27. The molecule has 0 N–H and O–H groups in total. The minimum absolute atomic E-state index is 0.329. The van der Waals surface area contributed by atoms with Crippen LogP contribution in [0, 0.1) is 6.92 Å². The Morgan fingerprint density at radius 3 is 2.26 bits per heavy atom. The summed E-state index contributed by atoms with van der Waals surface area (Å²) in [6, 6.07) is 15.7. The number of aromatic nitrogens is 1. The number of hydrogen-bond acceptors (Lipinski definition) is 5. The Morgan fingerprint density at radius 2 is 1.65 bits per heavy atom. The van der Waals surface area contributed by atoms with Crippen LogP contribution in [0.25, 0.3) is 22.6 Å². The van der Waals surface area contributed by atoms with Crippen molar-refractivity contribution in [2.24, 2.45) is 0 Å². The molecular formula is C25H30N2O3S. The number of hydrogen-bond donors (Lipinski definition) is 0. The summed E-state index contributed by atoms with van der Waals surface area (Å²) in [5.41, 5.74) is 3.97. The number of sulfone groups is 1. The highest BCUT2D eigenvalue weighted by Gasteiger charge is 2.23. The van der Waals surface area contributed by atoms with E-state index in [4.69, 9.17) is 9.40 Å². The van der Waals surface area contributed by atoms with Crippen LogP contribution in [0.4, 0.5) is 0 Å². The number of oxazole rings is 1. The Kier molecular flexibility index (Phi) is 6.30. The van der Waals surface area contributed by atoms with Crippen LogP contribution in [0.1, 0.15) is 37.6 Å². The van der Waals surface area contributed by atoms with Gasteiger partial charge in [-0.15, -0.1) is 0 Å². The van der Waals surface area contributed by atoms with E-state index >= 15 is 0 Å². The zero-order valence-electron chi connectivity index (χ0n) is 18.5. The first-order chi connectivity index (χ1) is 14.8. The minimum atomic E-state index is -3.19. The Hall–Kier alpha value is -2.44. The van der Waals surface area contributed by atoms with Crippen LogP contribution >= 0.6 is 0 Å². The largest absolute Gasteiger partial charge is 0.441 e. The molecule has 0 radical (unpaired) electrons. The lowest BCUT2D eigenvalue weighted by Gasteiger charge is -2.22. The molecule has 5 nitrogen and oxygen atoms in total. The van der Waals surface area contributed by atoms with E-state index in [0.717, 1.165) is 41.1 Å². The maximum Gasteiger partial charge on any atom is 0.226 e. The van der Waals surface area contributed by atoms with Gasteiger partial charge >= 0.3 is 0 Å². The van der Waals surface area contributed by atoms with Crippen LogP contribution in [-0.2, 0) is 16.3 Å². The topological polar surface area (TPSA) is 63.4 Å². The Labute approximate surface area is 185 Å². The van der Waals surface area contributed by atoms with Crippen molar-refractivity contribution in [1.82, 2.24) is 9.88 Å². The first-order valence-corrected chi connectivity index (χ1v) is 12.9. The molecule has 3 aromatic rings. The molecule has 1 saturated heterocycles. The summed E-state index contributed by atoms with van der Waals surface area (Å²) in [5.74, 6) is 1.54. The third kappa shape index (κ3) is 4.91.